The fourth-order valence-electron chi connectivity index (χ4n) is 9.03. The number of hydrogen-bond acceptors (Lipinski definition) is 6. The summed E-state index contributed by atoms with van der Waals surface area (Å²) in [6.45, 7) is 0.185. The molecular formula is C40H32BrClN2O6. The van der Waals surface area contributed by atoms with Crippen molar-refractivity contribution >= 4 is 56.8 Å². The minimum absolute atomic E-state index is 0.0401. The van der Waals surface area contributed by atoms with Gasteiger partial charge in [0.25, 0.3) is 0 Å². The van der Waals surface area contributed by atoms with Crippen molar-refractivity contribution in [2.45, 2.75) is 30.6 Å². The van der Waals surface area contributed by atoms with Gasteiger partial charge in [0.1, 0.15) is 11.5 Å². The number of phenolic OH excluding ortho intramolecular Hbond substituents is 2. The van der Waals surface area contributed by atoms with Gasteiger partial charge in [0, 0.05) is 27.5 Å². The third-order valence-electron chi connectivity index (χ3n) is 11.1. The second-order valence-corrected chi connectivity index (χ2v) is 14.9. The van der Waals surface area contributed by atoms with Gasteiger partial charge in [-0.15, -0.1) is 0 Å². The number of rotatable bonds is 6. The smallest absolute Gasteiger partial charge is 0.246 e. The van der Waals surface area contributed by atoms with Gasteiger partial charge in [-0.25, -0.2) is 4.90 Å². The maximum absolute atomic E-state index is 15.3. The third kappa shape index (κ3) is 4.85. The summed E-state index contributed by atoms with van der Waals surface area (Å²) < 4.78 is 0.678. The molecule has 3 fully saturated rings. The number of aromatic hydroxyl groups is 2. The molecule has 2 heterocycles. The molecule has 4 aromatic carbocycles. The first kappa shape index (κ1) is 32.5. The topological polar surface area (TPSA) is 115 Å². The SMILES string of the molecule is O=C1[C@H]2[C@H](CC=C3[C@H]2C[C@H]2C(=O)N(c4cccc(Cl)c4)C(=O)[C@@]2(c2ccccc2)[C@H]3c2cc(Br)ccc2O)C(=O)N1CCc1ccc(O)cc1. The van der Waals surface area contributed by atoms with Crippen molar-refractivity contribution in [2.24, 2.45) is 23.7 Å². The minimum atomic E-state index is -1.47. The molecule has 4 aliphatic rings. The molecule has 2 aliphatic carbocycles. The zero-order valence-electron chi connectivity index (χ0n) is 26.7. The minimum Gasteiger partial charge on any atom is -0.508 e. The van der Waals surface area contributed by atoms with Crippen LogP contribution in [0.3, 0.4) is 0 Å². The number of halogens is 2. The summed E-state index contributed by atoms with van der Waals surface area (Å²) in [4.78, 5) is 60.9. The van der Waals surface area contributed by atoms with E-state index in [1.807, 2.05) is 36.4 Å². The highest BCUT2D eigenvalue weighted by Gasteiger charge is 2.70. The number of phenols is 2. The van der Waals surface area contributed by atoms with E-state index in [2.05, 4.69) is 15.9 Å². The molecule has 0 unspecified atom stereocenters. The van der Waals surface area contributed by atoms with E-state index in [9.17, 15) is 24.6 Å². The molecule has 4 amide bonds. The van der Waals surface area contributed by atoms with Crippen molar-refractivity contribution in [1.82, 2.24) is 4.90 Å². The van der Waals surface area contributed by atoms with E-state index in [0.717, 1.165) is 11.1 Å². The molecule has 1 saturated carbocycles. The molecule has 0 spiro atoms. The second-order valence-electron chi connectivity index (χ2n) is 13.5. The number of carbonyl (C=O) groups excluding carboxylic acids is 4. The zero-order chi connectivity index (χ0) is 34.9. The third-order valence-corrected chi connectivity index (χ3v) is 11.8. The van der Waals surface area contributed by atoms with Crippen molar-refractivity contribution in [3.8, 4) is 11.5 Å². The number of allylic oxidation sites excluding steroid dienone is 2. The number of fused-ring (bicyclic) bond motifs is 4. The average Bonchev–Trinajstić information content (AvgIpc) is 3.50. The van der Waals surface area contributed by atoms with Crippen molar-refractivity contribution in [3.63, 3.8) is 0 Å². The lowest BCUT2D eigenvalue weighted by Gasteiger charge is -2.50. The van der Waals surface area contributed by atoms with E-state index in [-0.39, 0.29) is 42.7 Å². The van der Waals surface area contributed by atoms with Crippen LogP contribution in [0.25, 0.3) is 0 Å². The van der Waals surface area contributed by atoms with Crippen LogP contribution in [0.2, 0.25) is 5.02 Å². The standard InChI is InChI=1S/C40H32BrClN2O6/c41-24-11-16-33(46)31(19-24)35-28-14-15-29-34(38(49)43(36(29)47)18-17-22-9-12-27(45)13-10-22)30(28)21-32-37(48)44(26-8-4-7-25(42)20-26)39(50)40(32,35)23-5-2-1-3-6-23/h1-14,16,19-20,29-30,32,34-35,45-46H,15,17-18,21H2/t29-,30+,32-,34-,35+,40+/m0/s1. The van der Waals surface area contributed by atoms with Gasteiger partial charge in [-0.1, -0.05) is 87.7 Å². The molecule has 0 radical (unpaired) electrons. The van der Waals surface area contributed by atoms with E-state index in [1.54, 1.807) is 66.7 Å². The van der Waals surface area contributed by atoms with Crippen LogP contribution in [0.4, 0.5) is 5.69 Å². The highest BCUT2D eigenvalue weighted by molar-refractivity contribution is 9.10. The van der Waals surface area contributed by atoms with E-state index in [4.69, 9.17) is 11.6 Å². The Morgan fingerprint density at radius 2 is 1.58 bits per heavy atom. The van der Waals surface area contributed by atoms with Crippen LogP contribution in [-0.2, 0) is 31.0 Å². The largest absolute Gasteiger partial charge is 0.508 e. The molecule has 6 atom stereocenters. The lowest BCUT2D eigenvalue weighted by Crippen LogP contribution is -2.53. The Labute approximate surface area is 302 Å². The Hall–Kier alpha value is -4.73. The van der Waals surface area contributed by atoms with Gasteiger partial charge in [-0.2, -0.15) is 0 Å². The van der Waals surface area contributed by atoms with Crippen LogP contribution in [0, 0.1) is 23.7 Å². The van der Waals surface area contributed by atoms with Crippen molar-refractivity contribution in [1.29, 1.82) is 0 Å². The van der Waals surface area contributed by atoms with Gasteiger partial charge < -0.3 is 10.2 Å². The normalized spacial score (nSPS) is 27.2. The Morgan fingerprint density at radius 3 is 2.32 bits per heavy atom. The first-order chi connectivity index (χ1) is 24.1. The molecule has 2 aliphatic heterocycles. The number of carbonyl (C=O) groups is 4. The lowest BCUT2D eigenvalue weighted by atomic mass is 9.49. The number of benzene rings is 4. The molecular weight excluding hydrogens is 720 g/mol. The van der Waals surface area contributed by atoms with Crippen LogP contribution in [0.1, 0.15) is 35.4 Å². The highest BCUT2D eigenvalue weighted by atomic mass is 79.9. The van der Waals surface area contributed by atoms with E-state index in [1.165, 1.54) is 9.80 Å². The quantitative estimate of drug-likeness (QED) is 0.163. The van der Waals surface area contributed by atoms with Gasteiger partial charge in [-0.05, 0) is 84.8 Å². The molecule has 8 rings (SSSR count). The van der Waals surface area contributed by atoms with Crippen LogP contribution in [-0.4, -0.2) is 45.3 Å². The molecule has 8 nitrogen and oxygen atoms in total. The first-order valence-electron chi connectivity index (χ1n) is 16.6. The number of imide groups is 2. The summed E-state index contributed by atoms with van der Waals surface area (Å²) in [5.74, 6) is -4.91. The molecule has 4 aromatic rings. The number of likely N-dealkylation sites (tertiary alicyclic amines) is 1. The van der Waals surface area contributed by atoms with Gasteiger partial charge >= 0.3 is 0 Å². The van der Waals surface area contributed by atoms with Crippen molar-refractivity contribution in [3.05, 3.63) is 135 Å². The van der Waals surface area contributed by atoms with Gasteiger partial charge in [-0.3, -0.25) is 24.1 Å². The Kier molecular flexibility index (Phi) is 7.95. The molecule has 252 valence electrons. The maximum atomic E-state index is 15.3. The monoisotopic (exact) mass is 750 g/mol. The Bertz CT molecular complexity index is 2100. The van der Waals surface area contributed by atoms with Crippen LogP contribution >= 0.6 is 27.5 Å². The summed E-state index contributed by atoms with van der Waals surface area (Å²) >= 11 is 9.94. The van der Waals surface area contributed by atoms with Crippen molar-refractivity contribution in [2.75, 3.05) is 11.4 Å². The lowest BCUT2D eigenvalue weighted by molar-refractivity contribution is -0.140. The fraction of sp³-hybridized carbons (Fsp3) is 0.250. The van der Waals surface area contributed by atoms with Gasteiger partial charge in [0.2, 0.25) is 23.6 Å². The molecule has 2 N–H and O–H groups in total. The van der Waals surface area contributed by atoms with Gasteiger partial charge in [0.15, 0.2) is 0 Å². The van der Waals surface area contributed by atoms with Crippen LogP contribution in [0.15, 0.2) is 113 Å². The summed E-state index contributed by atoms with van der Waals surface area (Å²) in [5, 5.41) is 21.6. The van der Waals surface area contributed by atoms with E-state index in [0.29, 0.717) is 32.7 Å². The second kappa shape index (κ2) is 12.2. The molecule has 0 bridgehead atoms. The Morgan fingerprint density at radius 1 is 0.820 bits per heavy atom. The summed E-state index contributed by atoms with van der Waals surface area (Å²) in [5.41, 5.74) is 1.61. The number of amides is 4. The van der Waals surface area contributed by atoms with E-state index < -0.39 is 46.8 Å². The summed E-state index contributed by atoms with van der Waals surface area (Å²) in [6, 6.07) is 27.6. The Balaban J connectivity index is 1.29. The number of nitrogens with zero attached hydrogens (tertiary/aromatic N) is 2. The van der Waals surface area contributed by atoms with Crippen LogP contribution in [0.5, 0.6) is 11.5 Å². The molecule has 50 heavy (non-hydrogen) atoms. The van der Waals surface area contributed by atoms with E-state index >= 15 is 4.79 Å². The highest BCUT2D eigenvalue weighted by Crippen LogP contribution is 2.65. The number of hydrogen-bond donors (Lipinski definition) is 2. The first-order valence-corrected chi connectivity index (χ1v) is 17.8. The zero-order valence-corrected chi connectivity index (χ0v) is 29.0. The summed E-state index contributed by atoms with van der Waals surface area (Å²) in [7, 11) is 0. The average molecular weight is 752 g/mol. The number of anilines is 1. The molecule has 0 aromatic heterocycles. The molecule has 2 saturated heterocycles. The van der Waals surface area contributed by atoms with Crippen molar-refractivity contribution < 1.29 is 29.4 Å². The fourth-order valence-corrected chi connectivity index (χ4v) is 9.60. The predicted octanol–water partition coefficient (Wildman–Crippen LogP) is 6.92. The molecule has 10 heteroatoms. The predicted molar refractivity (Wildman–Crippen MR) is 190 cm³/mol. The van der Waals surface area contributed by atoms with Gasteiger partial charge in [0.05, 0.1) is 28.9 Å². The summed E-state index contributed by atoms with van der Waals surface area (Å²) in [6.07, 6.45) is 2.86. The maximum Gasteiger partial charge on any atom is 0.246 e. The van der Waals surface area contributed by atoms with Crippen LogP contribution < -0.4 is 4.90 Å².